The van der Waals surface area contributed by atoms with Crippen LogP contribution < -0.4 is 5.32 Å². The summed E-state index contributed by atoms with van der Waals surface area (Å²) < 4.78 is 2.37. The van der Waals surface area contributed by atoms with E-state index in [9.17, 15) is 4.79 Å². The van der Waals surface area contributed by atoms with E-state index in [4.69, 9.17) is 4.98 Å². The zero-order valence-electron chi connectivity index (χ0n) is 16.6. The first-order chi connectivity index (χ1) is 13.8. The molecule has 0 aliphatic heterocycles. The zero-order chi connectivity index (χ0) is 19.6. The molecule has 3 aromatic rings. The first-order valence-corrected chi connectivity index (χ1v) is 10.2. The van der Waals surface area contributed by atoms with Crippen molar-refractivity contribution in [2.45, 2.75) is 45.6 Å². The van der Waals surface area contributed by atoms with Crippen molar-refractivity contribution in [1.29, 1.82) is 0 Å². The minimum Gasteiger partial charge on any atom is -0.353 e. The Morgan fingerprint density at radius 1 is 1.00 bits per heavy atom. The number of aromatic nitrogens is 2. The van der Waals surface area contributed by atoms with Gasteiger partial charge in [-0.15, -0.1) is 0 Å². The van der Waals surface area contributed by atoms with Gasteiger partial charge in [0.2, 0.25) is 5.91 Å². The molecular weight excluding hydrogens is 346 g/mol. The largest absolute Gasteiger partial charge is 0.353 e. The first-order valence-electron chi connectivity index (χ1n) is 10.2. The third-order valence-electron chi connectivity index (χ3n) is 4.89. The lowest BCUT2D eigenvalue weighted by Crippen LogP contribution is -2.21. The van der Waals surface area contributed by atoms with Gasteiger partial charge in [0.05, 0.1) is 11.0 Å². The van der Waals surface area contributed by atoms with Gasteiger partial charge < -0.3 is 9.88 Å². The number of nitrogens with zero attached hydrogens (tertiary/aromatic N) is 2. The van der Waals surface area contributed by atoms with Crippen LogP contribution in [0.2, 0.25) is 0 Å². The van der Waals surface area contributed by atoms with Crippen molar-refractivity contribution in [3.8, 4) is 0 Å². The molecule has 1 amide bonds. The van der Waals surface area contributed by atoms with E-state index >= 15 is 0 Å². The molecule has 1 heterocycles. The van der Waals surface area contributed by atoms with E-state index in [0.29, 0.717) is 0 Å². The minimum atomic E-state index is -0.00907. The van der Waals surface area contributed by atoms with Gasteiger partial charge in [-0.25, -0.2) is 4.98 Å². The normalized spacial score (nSPS) is 11.3. The average Bonchev–Trinajstić information content (AvgIpc) is 3.07. The van der Waals surface area contributed by atoms with Gasteiger partial charge in [-0.1, -0.05) is 55.0 Å². The molecule has 146 valence electrons. The van der Waals surface area contributed by atoms with Crippen molar-refractivity contribution < 1.29 is 4.79 Å². The highest BCUT2D eigenvalue weighted by Crippen LogP contribution is 2.18. The number of imidazole rings is 1. The third-order valence-corrected chi connectivity index (χ3v) is 4.89. The van der Waals surface area contributed by atoms with Crippen molar-refractivity contribution in [2.24, 2.45) is 0 Å². The Bertz CT molecular complexity index is 912. The van der Waals surface area contributed by atoms with Crippen LogP contribution in [0.5, 0.6) is 0 Å². The Hall–Kier alpha value is -2.88. The number of carbonyl (C=O) groups is 1. The monoisotopic (exact) mass is 375 g/mol. The second kappa shape index (κ2) is 10.5. The summed E-state index contributed by atoms with van der Waals surface area (Å²) in [6, 6.07) is 19.0. The van der Waals surface area contributed by atoms with Crippen LogP contribution in [0.3, 0.4) is 0 Å². The van der Waals surface area contributed by atoms with Gasteiger partial charge in [-0.2, -0.15) is 0 Å². The van der Waals surface area contributed by atoms with Crippen LogP contribution in [-0.2, 0) is 24.2 Å². The maximum absolute atomic E-state index is 11.4. The molecule has 0 unspecified atom stereocenters. The lowest BCUT2D eigenvalue weighted by molar-refractivity contribution is -0.116. The fourth-order valence-corrected chi connectivity index (χ4v) is 3.46. The van der Waals surface area contributed by atoms with Crippen LogP contribution in [0, 0.1) is 0 Å². The number of benzene rings is 2. The highest BCUT2D eigenvalue weighted by atomic mass is 16.1. The summed E-state index contributed by atoms with van der Waals surface area (Å²) in [5.74, 6) is 1.15. The smallest absolute Gasteiger partial charge is 0.243 e. The molecule has 2 aromatic carbocycles. The molecular formula is C24H29N3O. The summed E-state index contributed by atoms with van der Waals surface area (Å²) in [4.78, 5) is 16.3. The lowest BCUT2D eigenvalue weighted by atomic mass is 10.1. The zero-order valence-corrected chi connectivity index (χ0v) is 16.6. The molecule has 28 heavy (non-hydrogen) atoms. The Morgan fingerprint density at radius 3 is 2.61 bits per heavy atom. The van der Waals surface area contributed by atoms with E-state index in [-0.39, 0.29) is 5.91 Å². The number of nitrogens with one attached hydrogen (secondary N) is 1. The van der Waals surface area contributed by atoms with E-state index in [0.717, 1.165) is 56.5 Å². The molecule has 0 fully saturated rings. The summed E-state index contributed by atoms with van der Waals surface area (Å²) >= 11 is 0. The Balaban J connectivity index is 1.57. The van der Waals surface area contributed by atoms with Crippen molar-refractivity contribution in [3.63, 3.8) is 0 Å². The van der Waals surface area contributed by atoms with Gasteiger partial charge in [-0.3, -0.25) is 4.79 Å². The number of para-hydroxylation sites is 2. The second-order valence-electron chi connectivity index (χ2n) is 7.01. The summed E-state index contributed by atoms with van der Waals surface area (Å²) in [6.07, 6.45) is 8.45. The van der Waals surface area contributed by atoms with Crippen LogP contribution >= 0.6 is 0 Å². The first kappa shape index (κ1) is 19.9. The molecule has 1 N–H and O–H groups in total. The molecule has 0 radical (unpaired) electrons. The number of aryl methyl sites for hydroxylation is 3. The van der Waals surface area contributed by atoms with Crippen molar-refractivity contribution in [2.75, 3.05) is 6.54 Å². The number of fused-ring (bicyclic) bond motifs is 1. The highest BCUT2D eigenvalue weighted by Gasteiger charge is 2.10. The predicted molar refractivity (Wildman–Crippen MR) is 115 cm³/mol. The summed E-state index contributed by atoms with van der Waals surface area (Å²) in [5.41, 5.74) is 3.64. The molecule has 4 heteroatoms. The molecule has 0 saturated heterocycles. The minimum absolute atomic E-state index is 0.00907. The molecule has 0 bridgehead atoms. The third kappa shape index (κ3) is 5.56. The van der Waals surface area contributed by atoms with Gasteiger partial charge in [-0.05, 0) is 50.0 Å². The molecule has 0 saturated carbocycles. The number of hydrogen-bond donors (Lipinski definition) is 1. The number of allylic oxidation sites excluding steroid dienone is 1. The Labute approximate surface area is 167 Å². The van der Waals surface area contributed by atoms with Crippen LogP contribution in [0.1, 0.15) is 37.6 Å². The van der Waals surface area contributed by atoms with Gasteiger partial charge in [0.25, 0.3) is 0 Å². The fraction of sp³-hybridized carbons (Fsp3) is 0.333. The molecule has 0 atom stereocenters. The van der Waals surface area contributed by atoms with Gasteiger partial charge in [0, 0.05) is 19.5 Å². The van der Waals surface area contributed by atoms with E-state index in [1.54, 1.807) is 12.2 Å². The van der Waals surface area contributed by atoms with Crippen LogP contribution in [0.4, 0.5) is 0 Å². The molecule has 1 aromatic heterocycles. The quantitative estimate of drug-likeness (QED) is 0.413. The van der Waals surface area contributed by atoms with E-state index < -0.39 is 0 Å². The molecule has 0 spiro atoms. The lowest BCUT2D eigenvalue weighted by Gasteiger charge is -2.10. The second-order valence-corrected chi connectivity index (χ2v) is 7.01. The Morgan fingerprint density at radius 2 is 1.79 bits per heavy atom. The number of carbonyl (C=O) groups excluding carboxylic acids is 1. The maximum Gasteiger partial charge on any atom is 0.243 e. The van der Waals surface area contributed by atoms with Crippen LogP contribution in [0.15, 0.2) is 66.7 Å². The number of unbranched alkanes of at least 4 members (excludes halogenated alkanes) is 2. The summed E-state index contributed by atoms with van der Waals surface area (Å²) in [5, 5.41) is 2.91. The predicted octanol–water partition coefficient (Wildman–Crippen LogP) is 4.68. The Kier molecular flexibility index (Phi) is 7.42. The number of rotatable bonds is 10. The van der Waals surface area contributed by atoms with Crippen LogP contribution in [0.25, 0.3) is 11.0 Å². The van der Waals surface area contributed by atoms with E-state index in [1.807, 2.05) is 13.0 Å². The summed E-state index contributed by atoms with van der Waals surface area (Å²) in [7, 11) is 0. The maximum atomic E-state index is 11.4. The van der Waals surface area contributed by atoms with Crippen molar-refractivity contribution >= 4 is 16.9 Å². The highest BCUT2D eigenvalue weighted by molar-refractivity contribution is 5.87. The standard InChI is InChI=1S/C24H29N3O/c1-2-11-24(28)25-18-10-4-7-16-23-26-21-14-8-9-15-22(21)27(23)19-17-20-12-5-3-6-13-20/h2-3,5-6,8-9,11-15H,4,7,10,16-19H2,1H3,(H,25,28)/b11-2+. The number of hydrogen-bond acceptors (Lipinski definition) is 2. The molecule has 4 nitrogen and oxygen atoms in total. The molecule has 0 aliphatic rings. The average molecular weight is 376 g/mol. The van der Waals surface area contributed by atoms with Gasteiger partial charge in [0.15, 0.2) is 0 Å². The fourth-order valence-electron chi connectivity index (χ4n) is 3.46. The topological polar surface area (TPSA) is 46.9 Å². The number of amides is 1. The van der Waals surface area contributed by atoms with E-state index in [2.05, 4.69) is 58.4 Å². The van der Waals surface area contributed by atoms with Gasteiger partial charge >= 0.3 is 0 Å². The van der Waals surface area contributed by atoms with Crippen molar-refractivity contribution in [3.05, 3.63) is 78.1 Å². The SMILES string of the molecule is C/C=C/C(=O)NCCCCCc1nc2ccccc2n1CCc1ccccc1. The summed E-state index contributed by atoms with van der Waals surface area (Å²) in [6.45, 7) is 3.52. The van der Waals surface area contributed by atoms with Crippen LogP contribution in [-0.4, -0.2) is 22.0 Å². The molecule has 0 aliphatic carbocycles. The van der Waals surface area contributed by atoms with Crippen molar-refractivity contribution in [1.82, 2.24) is 14.9 Å². The molecule has 3 rings (SSSR count). The van der Waals surface area contributed by atoms with E-state index in [1.165, 1.54) is 11.1 Å². The van der Waals surface area contributed by atoms with Gasteiger partial charge in [0.1, 0.15) is 5.82 Å².